The average Bonchev–Trinajstić information content (AvgIpc) is 2.46. The van der Waals surface area contributed by atoms with Gasteiger partial charge in [0, 0.05) is 18.0 Å². The maximum absolute atomic E-state index is 8.77. The van der Waals surface area contributed by atoms with Crippen LogP contribution in [-0.2, 0) is 6.54 Å². The minimum atomic E-state index is 0.527. The van der Waals surface area contributed by atoms with Crippen molar-refractivity contribution in [1.82, 2.24) is 10.3 Å². The van der Waals surface area contributed by atoms with Crippen molar-refractivity contribution in [2.24, 2.45) is 4.99 Å². The van der Waals surface area contributed by atoms with Crippen molar-refractivity contribution in [2.75, 3.05) is 0 Å². The van der Waals surface area contributed by atoms with Crippen molar-refractivity contribution in [3.8, 4) is 6.19 Å². The molecule has 0 radical (unpaired) electrons. The molecule has 0 amide bonds. The van der Waals surface area contributed by atoms with Crippen molar-refractivity contribution < 1.29 is 0 Å². The number of amidine groups is 1. The lowest BCUT2D eigenvalue weighted by atomic mass is 10.1. The zero-order chi connectivity index (χ0) is 13.5. The first kappa shape index (κ1) is 12.8. The number of aryl methyl sites for hydroxylation is 1. The van der Waals surface area contributed by atoms with E-state index in [9.17, 15) is 0 Å². The van der Waals surface area contributed by atoms with Gasteiger partial charge in [-0.2, -0.15) is 5.26 Å². The molecule has 0 atom stereocenters. The van der Waals surface area contributed by atoms with E-state index in [0.717, 1.165) is 11.1 Å². The molecule has 2 aromatic rings. The highest BCUT2D eigenvalue weighted by molar-refractivity contribution is 5.99. The van der Waals surface area contributed by atoms with Crippen LogP contribution in [0.3, 0.4) is 0 Å². The average molecular weight is 250 g/mol. The monoisotopic (exact) mass is 250 g/mol. The van der Waals surface area contributed by atoms with Crippen molar-refractivity contribution in [1.29, 1.82) is 5.26 Å². The van der Waals surface area contributed by atoms with Crippen LogP contribution in [0.1, 0.15) is 16.7 Å². The van der Waals surface area contributed by atoms with E-state index in [1.165, 1.54) is 5.56 Å². The van der Waals surface area contributed by atoms with Gasteiger partial charge in [0.15, 0.2) is 6.19 Å². The van der Waals surface area contributed by atoms with Gasteiger partial charge in [-0.3, -0.25) is 15.3 Å². The first-order valence-electron chi connectivity index (χ1n) is 5.95. The number of benzene rings is 1. The van der Waals surface area contributed by atoms with E-state index in [0.29, 0.717) is 12.4 Å². The number of hydrogen-bond donors (Lipinski definition) is 1. The summed E-state index contributed by atoms with van der Waals surface area (Å²) in [6.07, 6.45) is 5.27. The molecule has 4 nitrogen and oxygen atoms in total. The lowest BCUT2D eigenvalue weighted by molar-refractivity contribution is 1.04. The standard InChI is InChI=1S/C15H14N4/c1-12-4-6-13(7-5-12)9-18-15(19-11-16)14-3-2-8-17-10-14/h2-8,10H,9H2,1H3,(H,18,19). The fourth-order valence-corrected chi connectivity index (χ4v) is 1.62. The number of pyridine rings is 1. The summed E-state index contributed by atoms with van der Waals surface area (Å²) in [5.74, 6) is 0.538. The molecule has 0 unspecified atom stereocenters. The molecule has 0 spiro atoms. The fraction of sp³-hybridized carbons (Fsp3) is 0.133. The SMILES string of the molecule is Cc1ccc(C/N=C(\NC#N)c2cccnc2)cc1. The van der Waals surface area contributed by atoms with Gasteiger partial charge in [-0.1, -0.05) is 29.8 Å². The van der Waals surface area contributed by atoms with Gasteiger partial charge in [0.25, 0.3) is 0 Å². The molecule has 0 saturated carbocycles. The van der Waals surface area contributed by atoms with E-state index in [1.54, 1.807) is 12.4 Å². The Labute approximate surface area is 112 Å². The zero-order valence-electron chi connectivity index (χ0n) is 10.7. The van der Waals surface area contributed by atoms with Gasteiger partial charge in [-0.25, -0.2) is 0 Å². The fourth-order valence-electron chi connectivity index (χ4n) is 1.62. The van der Waals surface area contributed by atoms with Gasteiger partial charge < -0.3 is 0 Å². The van der Waals surface area contributed by atoms with Crippen LogP contribution in [-0.4, -0.2) is 10.8 Å². The number of aliphatic imine (C=N–C) groups is 1. The van der Waals surface area contributed by atoms with Gasteiger partial charge in [-0.15, -0.1) is 0 Å². The lowest BCUT2D eigenvalue weighted by Crippen LogP contribution is -2.19. The summed E-state index contributed by atoms with van der Waals surface area (Å²) in [6.45, 7) is 2.57. The molecule has 0 aliphatic carbocycles. The number of rotatable bonds is 3. The lowest BCUT2D eigenvalue weighted by Gasteiger charge is -2.04. The molecule has 1 aromatic heterocycles. The molecular formula is C15H14N4. The van der Waals surface area contributed by atoms with Crippen LogP contribution in [0, 0.1) is 18.4 Å². The van der Waals surface area contributed by atoms with Crippen molar-refractivity contribution in [2.45, 2.75) is 13.5 Å². The number of nitrogens with one attached hydrogen (secondary N) is 1. The van der Waals surface area contributed by atoms with Gasteiger partial charge in [0.2, 0.25) is 0 Å². The maximum Gasteiger partial charge on any atom is 0.182 e. The first-order valence-corrected chi connectivity index (χ1v) is 5.95. The van der Waals surface area contributed by atoms with Crippen LogP contribution in [0.5, 0.6) is 0 Å². The van der Waals surface area contributed by atoms with Crippen molar-refractivity contribution >= 4 is 5.84 Å². The third-order valence-electron chi connectivity index (χ3n) is 2.65. The molecule has 1 heterocycles. The topological polar surface area (TPSA) is 61.1 Å². The highest BCUT2D eigenvalue weighted by Gasteiger charge is 2.02. The molecule has 19 heavy (non-hydrogen) atoms. The van der Waals surface area contributed by atoms with Gasteiger partial charge >= 0.3 is 0 Å². The van der Waals surface area contributed by atoms with Crippen LogP contribution in [0.25, 0.3) is 0 Å². The highest BCUT2D eigenvalue weighted by Crippen LogP contribution is 2.06. The van der Waals surface area contributed by atoms with Gasteiger partial charge in [0.1, 0.15) is 5.84 Å². The zero-order valence-corrected chi connectivity index (χ0v) is 10.7. The summed E-state index contributed by atoms with van der Waals surface area (Å²) in [4.78, 5) is 8.45. The molecule has 0 aliphatic rings. The predicted molar refractivity (Wildman–Crippen MR) is 74.4 cm³/mol. The quantitative estimate of drug-likeness (QED) is 0.394. The summed E-state index contributed by atoms with van der Waals surface area (Å²) in [5.41, 5.74) is 3.12. The van der Waals surface area contributed by atoms with E-state index in [-0.39, 0.29) is 0 Å². The summed E-state index contributed by atoms with van der Waals surface area (Å²) in [7, 11) is 0. The minimum Gasteiger partial charge on any atom is -0.277 e. The van der Waals surface area contributed by atoms with Crippen LogP contribution < -0.4 is 5.32 Å². The third kappa shape index (κ3) is 3.65. The van der Waals surface area contributed by atoms with Gasteiger partial charge in [-0.05, 0) is 24.6 Å². The molecule has 1 N–H and O–H groups in total. The van der Waals surface area contributed by atoms with Crippen LogP contribution in [0.15, 0.2) is 53.8 Å². The summed E-state index contributed by atoms with van der Waals surface area (Å²) >= 11 is 0. The van der Waals surface area contributed by atoms with E-state index in [4.69, 9.17) is 5.26 Å². The smallest absolute Gasteiger partial charge is 0.182 e. The molecule has 2 rings (SSSR count). The Bertz CT molecular complexity index is 594. The van der Waals surface area contributed by atoms with Crippen LogP contribution in [0.2, 0.25) is 0 Å². The number of hydrogen-bond acceptors (Lipinski definition) is 3. The van der Waals surface area contributed by atoms with E-state index in [2.05, 4.69) is 15.3 Å². The molecule has 1 aromatic carbocycles. The van der Waals surface area contributed by atoms with Crippen LogP contribution >= 0.6 is 0 Å². The predicted octanol–water partition coefficient (Wildman–Crippen LogP) is 2.41. The molecule has 0 fully saturated rings. The summed E-state index contributed by atoms with van der Waals surface area (Å²) in [6, 6.07) is 11.8. The van der Waals surface area contributed by atoms with Crippen molar-refractivity contribution in [3.63, 3.8) is 0 Å². The molecular weight excluding hydrogens is 236 g/mol. The Balaban J connectivity index is 2.18. The second kappa shape index (κ2) is 6.31. The van der Waals surface area contributed by atoms with Crippen molar-refractivity contribution in [3.05, 3.63) is 65.5 Å². The highest BCUT2D eigenvalue weighted by atomic mass is 15.0. The Kier molecular flexibility index (Phi) is 4.25. The largest absolute Gasteiger partial charge is 0.277 e. The van der Waals surface area contributed by atoms with E-state index in [1.807, 2.05) is 49.5 Å². The second-order valence-corrected chi connectivity index (χ2v) is 4.13. The van der Waals surface area contributed by atoms with E-state index < -0.39 is 0 Å². The number of nitrogens with zero attached hydrogens (tertiary/aromatic N) is 3. The molecule has 0 aliphatic heterocycles. The second-order valence-electron chi connectivity index (χ2n) is 4.13. The van der Waals surface area contributed by atoms with Crippen LogP contribution in [0.4, 0.5) is 0 Å². The Hall–Kier alpha value is -2.67. The molecule has 0 bridgehead atoms. The normalized spacial score (nSPS) is 10.8. The van der Waals surface area contributed by atoms with Gasteiger partial charge in [0.05, 0.1) is 6.54 Å². The Morgan fingerprint density at radius 1 is 1.32 bits per heavy atom. The Morgan fingerprint density at radius 2 is 2.11 bits per heavy atom. The molecule has 0 saturated heterocycles. The minimum absolute atomic E-state index is 0.527. The van der Waals surface area contributed by atoms with E-state index >= 15 is 0 Å². The summed E-state index contributed by atoms with van der Waals surface area (Å²) in [5, 5.41) is 11.4. The number of aromatic nitrogens is 1. The number of nitriles is 1. The first-order chi connectivity index (χ1) is 9.29. The Morgan fingerprint density at radius 3 is 2.74 bits per heavy atom. The third-order valence-corrected chi connectivity index (χ3v) is 2.65. The molecule has 94 valence electrons. The maximum atomic E-state index is 8.77. The molecule has 4 heteroatoms. The summed E-state index contributed by atoms with van der Waals surface area (Å²) < 4.78 is 0.